The molecule has 1 aliphatic rings. The van der Waals surface area contributed by atoms with E-state index in [1.54, 1.807) is 12.1 Å². The average Bonchev–Trinajstić information content (AvgIpc) is 3.17. The highest BCUT2D eigenvalue weighted by Gasteiger charge is 2.33. The molecule has 0 saturated heterocycles. The smallest absolute Gasteiger partial charge is 0.254 e. The Morgan fingerprint density at radius 2 is 2.14 bits per heavy atom. The number of carbonyl (C=O) groups excluding carboxylic acids is 1. The molecule has 110 valence electrons. The third-order valence-electron chi connectivity index (χ3n) is 3.54. The van der Waals surface area contributed by atoms with Gasteiger partial charge in [0.25, 0.3) is 5.91 Å². The van der Waals surface area contributed by atoms with Gasteiger partial charge in [0.1, 0.15) is 11.5 Å². The molecule has 0 radical (unpaired) electrons. The van der Waals surface area contributed by atoms with Gasteiger partial charge in [-0.15, -0.1) is 0 Å². The first-order valence-electron chi connectivity index (χ1n) is 6.95. The quantitative estimate of drug-likeness (QED) is 0.856. The largest absolute Gasteiger partial charge is 0.464 e. The molecule has 2 aromatic rings. The van der Waals surface area contributed by atoms with Crippen molar-refractivity contribution in [2.45, 2.75) is 32.4 Å². The molecule has 2 N–H and O–H groups in total. The minimum absolute atomic E-state index is 0.000414. The van der Waals surface area contributed by atoms with E-state index >= 15 is 0 Å². The van der Waals surface area contributed by atoms with Gasteiger partial charge in [0, 0.05) is 21.8 Å². The molecule has 1 saturated carbocycles. The number of carbonyl (C=O) groups is 1. The Morgan fingerprint density at radius 3 is 2.71 bits per heavy atom. The number of halogens is 1. The standard InChI is InChI=1S/C16H17BrN2O2/c1-10-2-5-15(21-10)9-19(14-3-4-14)16(20)11-6-12(17)8-13(18)7-11/h2,5-8,14H,3-4,9,18H2,1H3. The van der Waals surface area contributed by atoms with Crippen LogP contribution in [0.5, 0.6) is 0 Å². The van der Waals surface area contributed by atoms with Crippen LogP contribution in [-0.4, -0.2) is 16.8 Å². The Balaban J connectivity index is 1.84. The topological polar surface area (TPSA) is 59.5 Å². The Kier molecular flexibility index (Phi) is 3.76. The summed E-state index contributed by atoms with van der Waals surface area (Å²) >= 11 is 3.38. The van der Waals surface area contributed by atoms with Gasteiger partial charge in [-0.05, 0) is 50.1 Å². The van der Waals surface area contributed by atoms with Crippen molar-refractivity contribution in [2.75, 3.05) is 5.73 Å². The molecule has 0 spiro atoms. The van der Waals surface area contributed by atoms with Crippen LogP contribution < -0.4 is 5.73 Å². The zero-order valence-electron chi connectivity index (χ0n) is 11.8. The first-order valence-corrected chi connectivity index (χ1v) is 7.74. The first kappa shape index (κ1) is 14.2. The SMILES string of the molecule is Cc1ccc(CN(C(=O)c2cc(N)cc(Br)c2)C2CC2)o1. The van der Waals surface area contributed by atoms with E-state index in [4.69, 9.17) is 10.2 Å². The maximum Gasteiger partial charge on any atom is 0.254 e. The van der Waals surface area contributed by atoms with Gasteiger partial charge in [0.2, 0.25) is 0 Å². The maximum absolute atomic E-state index is 12.7. The summed E-state index contributed by atoms with van der Waals surface area (Å²) < 4.78 is 6.41. The van der Waals surface area contributed by atoms with Crippen LogP contribution >= 0.6 is 15.9 Å². The lowest BCUT2D eigenvalue weighted by atomic mass is 10.1. The molecule has 21 heavy (non-hydrogen) atoms. The molecule has 1 aromatic heterocycles. The van der Waals surface area contributed by atoms with Crippen LogP contribution in [0.15, 0.2) is 39.2 Å². The van der Waals surface area contributed by atoms with E-state index in [-0.39, 0.29) is 5.91 Å². The number of anilines is 1. The molecule has 5 heteroatoms. The van der Waals surface area contributed by atoms with Crippen molar-refractivity contribution < 1.29 is 9.21 Å². The van der Waals surface area contributed by atoms with Gasteiger partial charge < -0.3 is 15.1 Å². The van der Waals surface area contributed by atoms with Crippen molar-refractivity contribution in [3.63, 3.8) is 0 Å². The fourth-order valence-electron chi connectivity index (χ4n) is 2.39. The summed E-state index contributed by atoms with van der Waals surface area (Å²) in [6.07, 6.45) is 2.10. The van der Waals surface area contributed by atoms with Crippen LogP contribution in [0.3, 0.4) is 0 Å². The highest BCUT2D eigenvalue weighted by Crippen LogP contribution is 2.31. The number of benzene rings is 1. The summed E-state index contributed by atoms with van der Waals surface area (Å²) in [5.74, 6) is 1.68. The number of nitrogen functional groups attached to an aromatic ring is 1. The van der Waals surface area contributed by atoms with E-state index in [0.717, 1.165) is 28.8 Å². The van der Waals surface area contributed by atoms with Gasteiger partial charge in [0.15, 0.2) is 0 Å². The first-order chi connectivity index (χ1) is 10.0. The van der Waals surface area contributed by atoms with Gasteiger partial charge in [0.05, 0.1) is 6.54 Å². The minimum atomic E-state index is -0.000414. The summed E-state index contributed by atoms with van der Waals surface area (Å²) in [4.78, 5) is 14.6. The van der Waals surface area contributed by atoms with Gasteiger partial charge in [-0.25, -0.2) is 0 Å². The number of hydrogen-bond donors (Lipinski definition) is 1. The van der Waals surface area contributed by atoms with E-state index in [9.17, 15) is 4.79 Å². The number of hydrogen-bond acceptors (Lipinski definition) is 3. The second kappa shape index (κ2) is 5.56. The molecule has 1 aromatic carbocycles. The van der Waals surface area contributed by atoms with Gasteiger partial charge in [-0.1, -0.05) is 15.9 Å². The Morgan fingerprint density at radius 1 is 1.38 bits per heavy atom. The van der Waals surface area contributed by atoms with Crippen LogP contribution in [0.1, 0.15) is 34.7 Å². The lowest BCUT2D eigenvalue weighted by Crippen LogP contribution is -2.32. The van der Waals surface area contributed by atoms with Crippen LogP contribution in [0.4, 0.5) is 5.69 Å². The van der Waals surface area contributed by atoms with Gasteiger partial charge in [-0.2, -0.15) is 0 Å². The highest BCUT2D eigenvalue weighted by atomic mass is 79.9. The number of amides is 1. The van der Waals surface area contributed by atoms with Crippen molar-refractivity contribution in [1.29, 1.82) is 0 Å². The van der Waals surface area contributed by atoms with E-state index in [2.05, 4.69) is 15.9 Å². The van der Waals surface area contributed by atoms with Crippen molar-refractivity contribution in [3.05, 3.63) is 51.9 Å². The maximum atomic E-state index is 12.7. The summed E-state index contributed by atoms with van der Waals surface area (Å²) in [5, 5.41) is 0. The summed E-state index contributed by atoms with van der Waals surface area (Å²) in [5.41, 5.74) is 7.01. The van der Waals surface area contributed by atoms with Crippen molar-refractivity contribution in [2.24, 2.45) is 0 Å². The van der Waals surface area contributed by atoms with Crippen molar-refractivity contribution >= 4 is 27.5 Å². The number of nitrogens with two attached hydrogens (primary N) is 1. The molecule has 1 amide bonds. The van der Waals surface area contributed by atoms with Crippen molar-refractivity contribution in [1.82, 2.24) is 4.90 Å². The fraction of sp³-hybridized carbons (Fsp3) is 0.312. The fourth-order valence-corrected chi connectivity index (χ4v) is 2.90. The average molecular weight is 349 g/mol. The lowest BCUT2D eigenvalue weighted by molar-refractivity contribution is 0.0717. The number of furan rings is 1. The molecule has 0 atom stereocenters. The van der Waals surface area contributed by atoms with Crippen LogP contribution in [0.2, 0.25) is 0 Å². The molecule has 1 aliphatic carbocycles. The predicted octanol–water partition coefficient (Wildman–Crippen LogP) is 3.74. The molecule has 3 rings (SSSR count). The molecular weight excluding hydrogens is 332 g/mol. The zero-order valence-corrected chi connectivity index (χ0v) is 13.4. The Labute approximate surface area is 132 Å². The molecule has 0 aliphatic heterocycles. The second-order valence-corrected chi connectivity index (χ2v) is 6.37. The number of nitrogens with zero attached hydrogens (tertiary/aromatic N) is 1. The third-order valence-corrected chi connectivity index (χ3v) is 4.00. The van der Waals surface area contributed by atoms with E-state index in [1.807, 2.05) is 30.0 Å². The predicted molar refractivity (Wildman–Crippen MR) is 84.9 cm³/mol. The normalized spacial score (nSPS) is 14.2. The van der Waals surface area contributed by atoms with Gasteiger partial charge in [-0.3, -0.25) is 4.79 Å². The van der Waals surface area contributed by atoms with E-state index < -0.39 is 0 Å². The van der Waals surface area contributed by atoms with Crippen LogP contribution in [0, 0.1) is 6.92 Å². The lowest BCUT2D eigenvalue weighted by Gasteiger charge is -2.21. The molecule has 0 unspecified atom stereocenters. The molecule has 1 fully saturated rings. The number of rotatable bonds is 4. The molecule has 1 heterocycles. The molecular formula is C16H17BrN2O2. The summed E-state index contributed by atoms with van der Waals surface area (Å²) in [6.45, 7) is 2.41. The van der Waals surface area contributed by atoms with Crippen LogP contribution in [0.25, 0.3) is 0 Å². The monoisotopic (exact) mass is 348 g/mol. The van der Waals surface area contributed by atoms with Crippen LogP contribution in [-0.2, 0) is 6.54 Å². The van der Waals surface area contributed by atoms with Crippen molar-refractivity contribution in [3.8, 4) is 0 Å². The molecule has 0 bridgehead atoms. The Hall–Kier alpha value is -1.75. The minimum Gasteiger partial charge on any atom is -0.464 e. The molecule has 4 nitrogen and oxygen atoms in total. The Bertz CT molecular complexity index is 656. The second-order valence-electron chi connectivity index (χ2n) is 5.45. The van der Waals surface area contributed by atoms with E-state index in [1.165, 1.54) is 0 Å². The summed E-state index contributed by atoms with van der Waals surface area (Å²) in [7, 11) is 0. The number of aryl methyl sites for hydroxylation is 1. The van der Waals surface area contributed by atoms with E-state index in [0.29, 0.717) is 23.8 Å². The summed E-state index contributed by atoms with van der Waals surface area (Å²) in [6, 6.07) is 9.46. The van der Waals surface area contributed by atoms with Gasteiger partial charge >= 0.3 is 0 Å². The highest BCUT2D eigenvalue weighted by molar-refractivity contribution is 9.10. The third kappa shape index (κ3) is 3.29. The zero-order chi connectivity index (χ0) is 15.0.